The summed E-state index contributed by atoms with van der Waals surface area (Å²) in [5.41, 5.74) is 2.06. The van der Waals surface area contributed by atoms with E-state index in [0.717, 1.165) is 55.3 Å². The number of rotatable bonds is 5. The van der Waals surface area contributed by atoms with Gasteiger partial charge in [-0.15, -0.1) is 10.2 Å². The fourth-order valence-corrected chi connectivity index (χ4v) is 3.21. The van der Waals surface area contributed by atoms with Gasteiger partial charge >= 0.3 is 0 Å². The third-order valence-corrected chi connectivity index (χ3v) is 4.55. The lowest BCUT2D eigenvalue weighted by atomic mass is 10.2. The standard InChI is InChI=1S/C18H25N5S/c1-2-3-11-19-18(24)20-15-9-7-8-14(13-15)17-22-21-16-10-5-4-6-12-23(16)17/h7-9,13H,2-6,10-12H2,1H3,(H2,19,20,24). The summed E-state index contributed by atoms with van der Waals surface area (Å²) in [4.78, 5) is 0. The van der Waals surface area contributed by atoms with E-state index in [1.807, 2.05) is 12.1 Å². The van der Waals surface area contributed by atoms with Crippen molar-refractivity contribution in [1.82, 2.24) is 20.1 Å². The topological polar surface area (TPSA) is 54.8 Å². The first kappa shape index (κ1) is 16.9. The summed E-state index contributed by atoms with van der Waals surface area (Å²) in [6.45, 7) is 4.08. The minimum atomic E-state index is 0.667. The minimum Gasteiger partial charge on any atom is -0.362 e. The Morgan fingerprint density at radius 2 is 2.17 bits per heavy atom. The monoisotopic (exact) mass is 343 g/mol. The van der Waals surface area contributed by atoms with Crippen LogP contribution in [0.5, 0.6) is 0 Å². The SMILES string of the molecule is CCCCNC(=S)Nc1cccc(-c2nnc3n2CCCCC3)c1. The van der Waals surface area contributed by atoms with Crippen LogP contribution in [-0.4, -0.2) is 26.4 Å². The molecule has 0 radical (unpaired) electrons. The van der Waals surface area contributed by atoms with E-state index in [1.165, 1.54) is 19.3 Å². The van der Waals surface area contributed by atoms with Crippen LogP contribution in [0.15, 0.2) is 24.3 Å². The molecule has 0 saturated carbocycles. The second-order valence-corrected chi connectivity index (χ2v) is 6.63. The maximum absolute atomic E-state index is 5.35. The number of hydrogen-bond acceptors (Lipinski definition) is 3. The number of hydrogen-bond donors (Lipinski definition) is 2. The van der Waals surface area contributed by atoms with Crippen LogP contribution in [0.3, 0.4) is 0 Å². The highest BCUT2D eigenvalue weighted by atomic mass is 32.1. The van der Waals surface area contributed by atoms with Crippen molar-refractivity contribution in [1.29, 1.82) is 0 Å². The molecule has 0 unspecified atom stereocenters. The van der Waals surface area contributed by atoms with Gasteiger partial charge in [0.2, 0.25) is 0 Å². The number of nitrogens with one attached hydrogen (secondary N) is 2. The van der Waals surface area contributed by atoms with Gasteiger partial charge in [-0.25, -0.2) is 0 Å². The van der Waals surface area contributed by atoms with Crippen LogP contribution in [0.4, 0.5) is 5.69 Å². The quantitative estimate of drug-likeness (QED) is 0.639. The molecule has 3 rings (SSSR count). The van der Waals surface area contributed by atoms with Crippen LogP contribution in [-0.2, 0) is 13.0 Å². The molecular formula is C18H25N5S. The zero-order chi connectivity index (χ0) is 16.8. The Morgan fingerprint density at radius 3 is 3.04 bits per heavy atom. The van der Waals surface area contributed by atoms with Crippen LogP contribution >= 0.6 is 12.2 Å². The molecule has 0 aliphatic carbocycles. The van der Waals surface area contributed by atoms with E-state index in [0.29, 0.717) is 5.11 Å². The summed E-state index contributed by atoms with van der Waals surface area (Å²) in [5.74, 6) is 2.07. The number of fused-ring (bicyclic) bond motifs is 1. The Kier molecular flexibility index (Phi) is 5.80. The van der Waals surface area contributed by atoms with Crippen molar-refractivity contribution in [3.8, 4) is 11.4 Å². The van der Waals surface area contributed by atoms with E-state index in [-0.39, 0.29) is 0 Å². The van der Waals surface area contributed by atoms with E-state index in [2.05, 4.69) is 44.5 Å². The van der Waals surface area contributed by atoms with Gasteiger partial charge in [0.05, 0.1) is 0 Å². The maximum atomic E-state index is 5.35. The fourth-order valence-electron chi connectivity index (χ4n) is 2.99. The predicted molar refractivity (Wildman–Crippen MR) is 102 cm³/mol. The number of benzene rings is 1. The summed E-state index contributed by atoms with van der Waals surface area (Å²) in [6, 6.07) is 8.23. The normalized spacial score (nSPS) is 13.9. The zero-order valence-corrected chi connectivity index (χ0v) is 15.0. The van der Waals surface area contributed by atoms with Crippen molar-refractivity contribution in [2.45, 2.75) is 52.0 Å². The lowest BCUT2D eigenvalue weighted by Gasteiger charge is -2.12. The van der Waals surface area contributed by atoms with Crippen LogP contribution in [0.25, 0.3) is 11.4 Å². The molecule has 0 bridgehead atoms. The number of thiocarbonyl (C=S) groups is 1. The highest BCUT2D eigenvalue weighted by Crippen LogP contribution is 2.24. The largest absolute Gasteiger partial charge is 0.362 e. The van der Waals surface area contributed by atoms with Gasteiger partial charge in [-0.05, 0) is 43.6 Å². The molecule has 128 valence electrons. The lowest BCUT2D eigenvalue weighted by molar-refractivity contribution is 0.636. The number of unbranched alkanes of at least 4 members (excludes halogenated alkanes) is 1. The summed E-state index contributed by atoms with van der Waals surface area (Å²) >= 11 is 5.35. The third kappa shape index (κ3) is 4.12. The van der Waals surface area contributed by atoms with E-state index >= 15 is 0 Å². The molecular weight excluding hydrogens is 318 g/mol. The molecule has 2 N–H and O–H groups in total. The van der Waals surface area contributed by atoms with Crippen molar-refractivity contribution >= 4 is 23.0 Å². The van der Waals surface area contributed by atoms with E-state index in [9.17, 15) is 0 Å². The molecule has 2 aromatic rings. The number of anilines is 1. The van der Waals surface area contributed by atoms with Crippen LogP contribution in [0.1, 0.15) is 44.9 Å². The number of aromatic nitrogens is 3. The molecule has 1 aliphatic heterocycles. The van der Waals surface area contributed by atoms with Crippen molar-refractivity contribution < 1.29 is 0 Å². The zero-order valence-electron chi connectivity index (χ0n) is 14.2. The molecule has 1 aromatic carbocycles. The molecule has 24 heavy (non-hydrogen) atoms. The Hall–Kier alpha value is -1.95. The van der Waals surface area contributed by atoms with Gasteiger partial charge in [-0.1, -0.05) is 31.9 Å². The van der Waals surface area contributed by atoms with Crippen molar-refractivity contribution in [3.63, 3.8) is 0 Å². The Labute approximate surface area is 148 Å². The van der Waals surface area contributed by atoms with Gasteiger partial charge in [0.25, 0.3) is 0 Å². The van der Waals surface area contributed by atoms with Gasteiger partial charge in [0, 0.05) is 30.8 Å². The molecule has 6 heteroatoms. The summed E-state index contributed by atoms with van der Waals surface area (Å²) in [6.07, 6.45) is 6.97. The Balaban J connectivity index is 1.74. The molecule has 1 aromatic heterocycles. The molecule has 1 aliphatic rings. The Morgan fingerprint density at radius 1 is 1.25 bits per heavy atom. The molecule has 0 saturated heterocycles. The van der Waals surface area contributed by atoms with E-state index in [1.54, 1.807) is 0 Å². The first-order valence-corrected chi connectivity index (χ1v) is 9.26. The first-order valence-electron chi connectivity index (χ1n) is 8.85. The van der Waals surface area contributed by atoms with Crippen LogP contribution < -0.4 is 10.6 Å². The molecule has 0 amide bonds. The van der Waals surface area contributed by atoms with Gasteiger partial charge in [0.15, 0.2) is 10.9 Å². The van der Waals surface area contributed by atoms with E-state index < -0.39 is 0 Å². The molecule has 5 nitrogen and oxygen atoms in total. The highest BCUT2D eigenvalue weighted by Gasteiger charge is 2.16. The summed E-state index contributed by atoms with van der Waals surface area (Å²) < 4.78 is 2.27. The molecule has 0 fully saturated rings. The maximum Gasteiger partial charge on any atom is 0.170 e. The average Bonchev–Trinajstić information content (AvgIpc) is 2.84. The van der Waals surface area contributed by atoms with Crippen LogP contribution in [0.2, 0.25) is 0 Å². The number of aryl methyl sites for hydroxylation is 1. The Bertz CT molecular complexity index is 694. The van der Waals surface area contributed by atoms with Crippen molar-refractivity contribution in [2.75, 3.05) is 11.9 Å². The van der Waals surface area contributed by atoms with Gasteiger partial charge in [0.1, 0.15) is 5.82 Å². The number of nitrogens with zero attached hydrogens (tertiary/aromatic N) is 3. The second kappa shape index (κ2) is 8.24. The van der Waals surface area contributed by atoms with Gasteiger partial charge in [-0.3, -0.25) is 0 Å². The lowest BCUT2D eigenvalue weighted by Crippen LogP contribution is -2.29. The third-order valence-electron chi connectivity index (χ3n) is 4.30. The second-order valence-electron chi connectivity index (χ2n) is 6.22. The summed E-state index contributed by atoms with van der Waals surface area (Å²) in [5, 5.41) is 16.0. The predicted octanol–water partition coefficient (Wildman–Crippen LogP) is 3.76. The molecule has 0 spiro atoms. The van der Waals surface area contributed by atoms with Crippen LogP contribution in [0, 0.1) is 0 Å². The molecule has 2 heterocycles. The highest BCUT2D eigenvalue weighted by molar-refractivity contribution is 7.80. The fraction of sp³-hybridized carbons (Fsp3) is 0.500. The van der Waals surface area contributed by atoms with Gasteiger partial charge in [-0.2, -0.15) is 0 Å². The summed E-state index contributed by atoms with van der Waals surface area (Å²) in [7, 11) is 0. The van der Waals surface area contributed by atoms with Gasteiger partial charge < -0.3 is 15.2 Å². The molecule has 0 atom stereocenters. The van der Waals surface area contributed by atoms with Crippen molar-refractivity contribution in [3.05, 3.63) is 30.1 Å². The minimum absolute atomic E-state index is 0.667. The van der Waals surface area contributed by atoms with Crippen molar-refractivity contribution in [2.24, 2.45) is 0 Å². The first-order chi connectivity index (χ1) is 11.8. The van der Waals surface area contributed by atoms with E-state index in [4.69, 9.17) is 12.2 Å². The smallest absolute Gasteiger partial charge is 0.170 e. The average molecular weight is 344 g/mol.